The van der Waals surface area contributed by atoms with Crippen molar-refractivity contribution < 1.29 is 13.2 Å². The number of likely N-dealkylation sites (N-methyl/N-ethyl adjacent to an activating group) is 1. The fourth-order valence-electron chi connectivity index (χ4n) is 3.51. The van der Waals surface area contributed by atoms with Crippen LogP contribution < -0.4 is 0 Å². The first kappa shape index (κ1) is 22.0. The molecule has 1 heterocycles. The van der Waals surface area contributed by atoms with Crippen LogP contribution >= 0.6 is 0 Å². The van der Waals surface area contributed by atoms with Crippen LogP contribution in [0.4, 0.5) is 0 Å². The summed E-state index contributed by atoms with van der Waals surface area (Å²) in [5.41, 5.74) is 1.29. The maximum Gasteiger partial charge on any atom is 0.244 e. The van der Waals surface area contributed by atoms with E-state index in [1.54, 1.807) is 17.0 Å². The average molecular weight is 427 g/mol. The van der Waals surface area contributed by atoms with Crippen LogP contribution in [-0.2, 0) is 21.4 Å². The zero-order valence-electron chi connectivity index (χ0n) is 17.1. The molecule has 0 aromatic heterocycles. The Bertz CT molecular complexity index is 1010. The first-order valence-electron chi connectivity index (χ1n) is 9.99. The standard InChI is InChI=1S/C22H26N4O3S/c1-2-24(17-19-8-4-3-5-9-19)18-22(27)25-12-14-26(15-13-25)30(28,29)21-11-7-6-10-20(21)16-23/h3-11H,2,12-15,17-18H2,1H3. The lowest BCUT2D eigenvalue weighted by Crippen LogP contribution is -2.52. The molecule has 1 aliphatic heterocycles. The second-order valence-corrected chi connectivity index (χ2v) is 9.09. The highest BCUT2D eigenvalue weighted by atomic mass is 32.2. The smallest absolute Gasteiger partial charge is 0.244 e. The molecule has 158 valence electrons. The molecule has 0 saturated carbocycles. The van der Waals surface area contributed by atoms with Gasteiger partial charge in [-0.1, -0.05) is 49.4 Å². The molecule has 1 fully saturated rings. The van der Waals surface area contributed by atoms with E-state index in [2.05, 4.69) is 4.90 Å². The number of sulfonamides is 1. The minimum Gasteiger partial charge on any atom is -0.339 e. The van der Waals surface area contributed by atoms with Crippen LogP contribution in [0.15, 0.2) is 59.5 Å². The minimum atomic E-state index is -3.76. The average Bonchev–Trinajstić information content (AvgIpc) is 2.79. The molecule has 0 radical (unpaired) electrons. The molecule has 2 aromatic carbocycles. The number of nitriles is 1. The van der Waals surface area contributed by atoms with E-state index in [1.165, 1.54) is 16.4 Å². The summed E-state index contributed by atoms with van der Waals surface area (Å²) in [6, 6.07) is 18.1. The maximum absolute atomic E-state index is 12.9. The van der Waals surface area contributed by atoms with Crippen molar-refractivity contribution in [1.29, 1.82) is 5.26 Å². The third-order valence-electron chi connectivity index (χ3n) is 5.27. The minimum absolute atomic E-state index is 0.00209. The third-order valence-corrected chi connectivity index (χ3v) is 7.23. The molecular weight excluding hydrogens is 400 g/mol. The molecule has 1 aliphatic rings. The van der Waals surface area contributed by atoms with Crippen LogP contribution in [0.25, 0.3) is 0 Å². The summed E-state index contributed by atoms with van der Waals surface area (Å²) >= 11 is 0. The summed E-state index contributed by atoms with van der Waals surface area (Å²) in [4.78, 5) is 16.6. The molecule has 7 nitrogen and oxygen atoms in total. The van der Waals surface area contributed by atoms with Crippen molar-refractivity contribution in [2.75, 3.05) is 39.3 Å². The summed E-state index contributed by atoms with van der Waals surface area (Å²) in [5.74, 6) is 0.00209. The lowest BCUT2D eigenvalue weighted by molar-refractivity contribution is -0.133. The zero-order chi connectivity index (χ0) is 21.6. The van der Waals surface area contributed by atoms with Crippen LogP contribution in [0.5, 0.6) is 0 Å². The number of hydrogen-bond donors (Lipinski definition) is 0. The van der Waals surface area contributed by atoms with Gasteiger partial charge in [-0.05, 0) is 24.2 Å². The second kappa shape index (κ2) is 9.85. The van der Waals surface area contributed by atoms with E-state index in [-0.39, 0.29) is 29.5 Å². The molecule has 1 saturated heterocycles. The predicted molar refractivity (Wildman–Crippen MR) is 114 cm³/mol. The molecular formula is C22H26N4O3S. The van der Waals surface area contributed by atoms with Crippen LogP contribution in [0.2, 0.25) is 0 Å². The van der Waals surface area contributed by atoms with Gasteiger partial charge in [-0.15, -0.1) is 0 Å². The first-order valence-corrected chi connectivity index (χ1v) is 11.4. The molecule has 0 atom stereocenters. The summed E-state index contributed by atoms with van der Waals surface area (Å²) < 4.78 is 27.2. The Morgan fingerprint density at radius 3 is 2.30 bits per heavy atom. The summed E-state index contributed by atoms with van der Waals surface area (Å²) in [7, 11) is -3.76. The van der Waals surface area contributed by atoms with E-state index in [1.807, 2.05) is 43.3 Å². The Morgan fingerprint density at radius 2 is 1.67 bits per heavy atom. The van der Waals surface area contributed by atoms with Crippen LogP contribution in [0.1, 0.15) is 18.1 Å². The Morgan fingerprint density at radius 1 is 1.03 bits per heavy atom. The van der Waals surface area contributed by atoms with Crippen molar-refractivity contribution in [3.05, 3.63) is 65.7 Å². The molecule has 0 aliphatic carbocycles. The van der Waals surface area contributed by atoms with E-state index in [4.69, 9.17) is 0 Å². The SMILES string of the molecule is CCN(CC(=O)N1CCN(S(=O)(=O)c2ccccc2C#N)CC1)Cc1ccccc1. The molecule has 0 N–H and O–H groups in total. The number of piperazine rings is 1. The van der Waals surface area contributed by atoms with Crippen molar-refractivity contribution in [2.24, 2.45) is 0 Å². The molecule has 1 amide bonds. The van der Waals surface area contributed by atoms with Gasteiger partial charge < -0.3 is 4.90 Å². The Labute approximate surface area is 178 Å². The van der Waals surface area contributed by atoms with Gasteiger partial charge in [-0.2, -0.15) is 9.57 Å². The highest BCUT2D eigenvalue weighted by Crippen LogP contribution is 2.21. The van der Waals surface area contributed by atoms with Crippen molar-refractivity contribution >= 4 is 15.9 Å². The van der Waals surface area contributed by atoms with Gasteiger partial charge in [0.25, 0.3) is 0 Å². The fourth-order valence-corrected chi connectivity index (χ4v) is 5.08. The lowest BCUT2D eigenvalue weighted by Gasteiger charge is -2.35. The number of rotatable bonds is 7. The van der Waals surface area contributed by atoms with Crippen molar-refractivity contribution in [1.82, 2.24) is 14.1 Å². The number of carbonyl (C=O) groups excluding carboxylic acids is 1. The Balaban J connectivity index is 1.59. The number of hydrogen-bond acceptors (Lipinski definition) is 5. The molecule has 3 rings (SSSR count). The quantitative estimate of drug-likeness (QED) is 0.675. The number of carbonyl (C=O) groups is 1. The van der Waals surface area contributed by atoms with Gasteiger partial charge >= 0.3 is 0 Å². The van der Waals surface area contributed by atoms with Gasteiger partial charge in [0.2, 0.25) is 15.9 Å². The highest BCUT2D eigenvalue weighted by molar-refractivity contribution is 7.89. The third kappa shape index (κ3) is 5.05. The van der Waals surface area contributed by atoms with Gasteiger partial charge in [0.1, 0.15) is 6.07 Å². The molecule has 0 spiro atoms. The first-order chi connectivity index (χ1) is 14.5. The van der Waals surface area contributed by atoms with Crippen molar-refractivity contribution in [3.8, 4) is 6.07 Å². The van der Waals surface area contributed by atoms with E-state index >= 15 is 0 Å². The normalized spacial score (nSPS) is 15.2. The second-order valence-electron chi connectivity index (χ2n) is 7.18. The van der Waals surface area contributed by atoms with Gasteiger partial charge in [0.15, 0.2) is 0 Å². The topological polar surface area (TPSA) is 84.7 Å². The monoisotopic (exact) mass is 426 g/mol. The van der Waals surface area contributed by atoms with Crippen molar-refractivity contribution in [3.63, 3.8) is 0 Å². The molecule has 30 heavy (non-hydrogen) atoms. The number of amides is 1. The Kier molecular flexibility index (Phi) is 7.21. The Hall–Kier alpha value is -2.73. The number of benzene rings is 2. The van der Waals surface area contributed by atoms with Gasteiger partial charge in [0.05, 0.1) is 17.0 Å². The molecule has 0 unspecified atom stereocenters. The van der Waals surface area contributed by atoms with Crippen molar-refractivity contribution in [2.45, 2.75) is 18.4 Å². The zero-order valence-corrected chi connectivity index (χ0v) is 17.9. The van der Waals surface area contributed by atoms with E-state index < -0.39 is 10.0 Å². The summed E-state index contributed by atoms with van der Waals surface area (Å²) in [6.07, 6.45) is 0. The van der Waals surface area contributed by atoms with E-state index in [0.717, 1.165) is 12.1 Å². The predicted octanol–water partition coefficient (Wildman–Crippen LogP) is 1.91. The molecule has 2 aromatic rings. The largest absolute Gasteiger partial charge is 0.339 e. The van der Waals surface area contributed by atoms with Gasteiger partial charge in [0, 0.05) is 32.7 Å². The lowest BCUT2D eigenvalue weighted by atomic mass is 10.2. The maximum atomic E-state index is 12.9. The van der Waals surface area contributed by atoms with Crippen LogP contribution in [0, 0.1) is 11.3 Å². The summed E-state index contributed by atoms with van der Waals surface area (Å²) in [6.45, 7) is 4.90. The summed E-state index contributed by atoms with van der Waals surface area (Å²) in [5, 5.41) is 9.22. The molecule has 8 heteroatoms. The van der Waals surface area contributed by atoms with Gasteiger partial charge in [-0.25, -0.2) is 8.42 Å². The van der Waals surface area contributed by atoms with Crippen LogP contribution in [0.3, 0.4) is 0 Å². The number of nitrogens with zero attached hydrogens (tertiary/aromatic N) is 4. The van der Waals surface area contributed by atoms with Crippen LogP contribution in [-0.4, -0.2) is 67.7 Å². The fraction of sp³-hybridized carbons (Fsp3) is 0.364. The van der Waals surface area contributed by atoms with E-state index in [9.17, 15) is 18.5 Å². The van der Waals surface area contributed by atoms with E-state index in [0.29, 0.717) is 26.2 Å². The van der Waals surface area contributed by atoms with Gasteiger partial charge in [-0.3, -0.25) is 9.69 Å². The highest BCUT2D eigenvalue weighted by Gasteiger charge is 2.31. The molecule has 0 bridgehead atoms.